The molecule has 4 N–H and O–H groups in total. The van der Waals surface area contributed by atoms with Crippen molar-refractivity contribution in [2.24, 2.45) is 5.73 Å². The summed E-state index contributed by atoms with van der Waals surface area (Å²) in [7, 11) is 1.61. The molecular formula is C19H25N3O2. The van der Waals surface area contributed by atoms with Crippen LogP contribution in [0.2, 0.25) is 0 Å². The van der Waals surface area contributed by atoms with Crippen molar-refractivity contribution >= 4 is 16.7 Å². The topological polar surface area (TPSA) is 76.4 Å². The highest BCUT2D eigenvalue weighted by Crippen LogP contribution is 2.25. The van der Waals surface area contributed by atoms with E-state index in [1.807, 2.05) is 18.2 Å². The van der Waals surface area contributed by atoms with E-state index >= 15 is 0 Å². The molecule has 0 saturated carbocycles. The molecule has 24 heavy (non-hydrogen) atoms. The van der Waals surface area contributed by atoms with Gasteiger partial charge in [-0.25, -0.2) is 0 Å². The molecule has 1 amide bonds. The molecule has 0 aliphatic carbocycles. The van der Waals surface area contributed by atoms with Crippen molar-refractivity contribution in [2.75, 3.05) is 26.7 Å². The predicted octanol–water partition coefficient (Wildman–Crippen LogP) is 1.72. The number of rotatable bonds is 5. The monoisotopic (exact) mass is 327 g/mol. The molecule has 3 rings (SSSR count). The number of amides is 1. The highest BCUT2D eigenvalue weighted by molar-refractivity contribution is 5.86. The number of benzene rings is 2. The molecule has 0 aromatic heterocycles. The van der Waals surface area contributed by atoms with E-state index < -0.39 is 5.60 Å². The summed E-state index contributed by atoms with van der Waals surface area (Å²) in [4.78, 5) is 12.8. The first kappa shape index (κ1) is 16.9. The van der Waals surface area contributed by atoms with Gasteiger partial charge in [-0.2, -0.15) is 0 Å². The molecule has 0 bridgehead atoms. The van der Waals surface area contributed by atoms with Crippen molar-refractivity contribution in [3.63, 3.8) is 0 Å². The molecule has 1 fully saturated rings. The average molecular weight is 327 g/mol. The lowest BCUT2D eigenvalue weighted by Gasteiger charge is -2.36. The molecule has 1 aliphatic rings. The lowest BCUT2D eigenvalue weighted by molar-refractivity contribution is -0.147. The molecule has 2 aromatic rings. The molecule has 1 aliphatic heterocycles. The van der Waals surface area contributed by atoms with Crippen LogP contribution >= 0.6 is 0 Å². The Labute approximate surface area is 142 Å². The van der Waals surface area contributed by atoms with Crippen LogP contribution in [0.1, 0.15) is 24.4 Å². The summed E-state index contributed by atoms with van der Waals surface area (Å²) < 4.78 is 5.60. The first-order chi connectivity index (χ1) is 11.7. The number of nitrogens with two attached hydrogens (primary N) is 1. The Morgan fingerprint density at radius 1 is 1.25 bits per heavy atom. The fourth-order valence-electron chi connectivity index (χ4n) is 3.35. The van der Waals surface area contributed by atoms with Crippen LogP contribution in [0.25, 0.3) is 10.8 Å². The fourth-order valence-corrected chi connectivity index (χ4v) is 3.35. The van der Waals surface area contributed by atoms with E-state index in [2.05, 4.69) is 34.9 Å². The zero-order valence-electron chi connectivity index (χ0n) is 14.0. The summed E-state index contributed by atoms with van der Waals surface area (Å²) in [5.74, 6) is -0.0740. The normalized spacial score (nSPS) is 18.2. The van der Waals surface area contributed by atoms with Gasteiger partial charge in [0.25, 0.3) is 5.91 Å². The van der Waals surface area contributed by atoms with Crippen LogP contribution in [0, 0.1) is 0 Å². The van der Waals surface area contributed by atoms with E-state index in [4.69, 9.17) is 10.5 Å². The Bertz CT molecular complexity index is 711. The second kappa shape index (κ2) is 7.30. The van der Waals surface area contributed by atoms with Crippen molar-refractivity contribution in [1.29, 1.82) is 0 Å². The third kappa shape index (κ3) is 3.29. The van der Waals surface area contributed by atoms with Crippen LogP contribution in [0.4, 0.5) is 0 Å². The van der Waals surface area contributed by atoms with Gasteiger partial charge >= 0.3 is 0 Å². The number of fused-ring (bicyclic) bond motifs is 1. The quantitative estimate of drug-likeness (QED) is 0.782. The van der Waals surface area contributed by atoms with Gasteiger partial charge in [-0.1, -0.05) is 36.4 Å². The van der Waals surface area contributed by atoms with Crippen molar-refractivity contribution in [1.82, 2.24) is 10.6 Å². The van der Waals surface area contributed by atoms with E-state index in [1.165, 1.54) is 5.39 Å². The van der Waals surface area contributed by atoms with Gasteiger partial charge in [0.1, 0.15) is 5.60 Å². The largest absolute Gasteiger partial charge is 0.368 e. The van der Waals surface area contributed by atoms with Crippen LogP contribution in [0.3, 0.4) is 0 Å². The molecule has 1 saturated heterocycles. The summed E-state index contributed by atoms with van der Waals surface area (Å²) in [6.07, 6.45) is 1.34. The molecule has 0 radical (unpaired) electrons. The molecule has 1 heterocycles. The van der Waals surface area contributed by atoms with E-state index in [0.29, 0.717) is 19.4 Å². The van der Waals surface area contributed by atoms with Crippen molar-refractivity contribution < 1.29 is 9.53 Å². The molecule has 2 aromatic carbocycles. The minimum atomic E-state index is -0.754. The second-order valence-corrected chi connectivity index (χ2v) is 6.32. The Morgan fingerprint density at radius 3 is 2.62 bits per heavy atom. The molecule has 0 spiro atoms. The van der Waals surface area contributed by atoms with Crippen molar-refractivity contribution in [2.45, 2.75) is 24.5 Å². The van der Waals surface area contributed by atoms with E-state index in [0.717, 1.165) is 24.0 Å². The van der Waals surface area contributed by atoms with Gasteiger partial charge in [-0.15, -0.1) is 0 Å². The van der Waals surface area contributed by atoms with Crippen molar-refractivity contribution in [3.8, 4) is 0 Å². The zero-order chi connectivity index (χ0) is 17.0. The maximum atomic E-state index is 12.8. The maximum absolute atomic E-state index is 12.8. The predicted molar refractivity (Wildman–Crippen MR) is 95.7 cm³/mol. The number of nitrogens with one attached hydrogen (secondary N) is 2. The summed E-state index contributed by atoms with van der Waals surface area (Å²) >= 11 is 0. The summed E-state index contributed by atoms with van der Waals surface area (Å²) in [5.41, 5.74) is 6.21. The van der Waals surface area contributed by atoms with Gasteiger partial charge in [0.2, 0.25) is 0 Å². The summed E-state index contributed by atoms with van der Waals surface area (Å²) in [5, 5.41) is 8.68. The third-order valence-corrected chi connectivity index (χ3v) is 4.93. The molecule has 128 valence electrons. The average Bonchev–Trinajstić information content (AvgIpc) is 2.66. The van der Waals surface area contributed by atoms with Gasteiger partial charge in [-0.3, -0.25) is 4.79 Å². The Balaban J connectivity index is 1.81. The number of carbonyl (C=O) groups is 1. The molecule has 5 nitrogen and oxygen atoms in total. The lowest BCUT2D eigenvalue weighted by atomic mass is 9.90. The first-order valence-electron chi connectivity index (χ1n) is 8.44. The van der Waals surface area contributed by atoms with Gasteiger partial charge in [0.05, 0.1) is 6.04 Å². The lowest BCUT2D eigenvalue weighted by Crippen LogP contribution is -2.55. The van der Waals surface area contributed by atoms with E-state index in [-0.39, 0.29) is 11.9 Å². The highest BCUT2D eigenvalue weighted by Gasteiger charge is 2.40. The molecule has 5 heteroatoms. The second-order valence-electron chi connectivity index (χ2n) is 6.32. The van der Waals surface area contributed by atoms with Gasteiger partial charge in [-0.05, 0) is 48.3 Å². The minimum Gasteiger partial charge on any atom is -0.368 e. The Kier molecular flexibility index (Phi) is 5.14. The van der Waals surface area contributed by atoms with Crippen molar-refractivity contribution in [3.05, 3.63) is 48.0 Å². The number of hydrogen-bond donors (Lipinski definition) is 3. The Morgan fingerprint density at radius 2 is 1.96 bits per heavy atom. The number of carbonyl (C=O) groups excluding carboxylic acids is 1. The number of hydrogen-bond acceptors (Lipinski definition) is 4. The summed E-state index contributed by atoms with van der Waals surface area (Å²) in [6.45, 7) is 1.91. The zero-order valence-corrected chi connectivity index (χ0v) is 14.0. The van der Waals surface area contributed by atoms with Gasteiger partial charge < -0.3 is 21.1 Å². The summed E-state index contributed by atoms with van der Waals surface area (Å²) in [6, 6.07) is 14.1. The molecule has 1 unspecified atom stereocenters. The Hall–Kier alpha value is -1.95. The highest BCUT2D eigenvalue weighted by atomic mass is 16.5. The first-order valence-corrected chi connectivity index (χ1v) is 8.44. The number of methoxy groups -OCH3 is 1. The van der Waals surface area contributed by atoms with Gasteiger partial charge in [0.15, 0.2) is 0 Å². The standard InChI is InChI=1S/C19H25N3O2/c1-24-19(8-10-21-11-9-19)18(23)22-17(13-20)16-7-6-14-4-2-3-5-15(14)12-16/h2-7,12,17,21H,8-11,13,20H2,1H3,(H,22,23). The fraction of sp³-hybridized carbons (Fsp3) is 0.421. The van der Waals surface area contributed by atoms with Gasteiger partial charge in [0, 0.05) is 13.7 Å². The third-order valence-electron chi connectivity index (χ3n) is 4.93. The van der Waals surface area contributed by atoms with E-state index in [1.54, 1.807) is 7.11 Å². The van der Waals surface area contributed by atoms with Crippen LogP contribution < -0.4 is 16.4 Å². The SMILES string of the molecule is COC1(C(=O)NC(CN)c2ccc3ccccc3c2)CCNCC1. The number of piperidine rings is 1. The van der Waals surface area contributed by atoms with Crippen LogP contribution in [-0.2, 0) is 9.53 Å². The van der Waals surface area contributed by atoms with Crippen LogP contribution in [0.5, 0.6) is 0 Å². The maximum Gasteiger partial charge on any atom is 0.252 e. The van der Waals surface area contributed by atoms with Crippen LogP contribution in [0.15, 0.2) is 42.5 Å². The van der Waals surface area contributed by atoms with Crippen LogP contribution in [-0.4, -0.2) is 38.3 Å². The molecule has 1 atom stereocenters. The smallest absolute Gasteiger partial charge is 0.252 e. The minimum absolute atomic E-state index is 0.0740. The number of ether oxygens (including phenoxy) is 1. The van der Waals surface area contributed by atoms with E-state index in [9.17, 15) is 4.79 Å². The molecular weight excluding hydrogens is 302 g/mol.